The van der Waals surface area contributed by atoms with E-state index in [1.54, 1.807) is 18.2 Å². The first-order valence-electron chi connectivity index (χ1n) is 9.88. The predicted octanol–water partition coefficient (Wildman–Crippen LogP) is 5.36. The lowest BCUT2D eigenvalue weighted by molar-refractivity contribution is -0.142. The minimum Gasteiger partial charge on any atom is -0.481 e. The van der Waals surface area contributed by atoms with Crippen LogP contribution in [0, 0.1) is 23.2 Å². The molecule has 0 aromatic heterocycles. The first-order chi connectivity index (χ1) is 14.2. The average molecular weight is 418 g/mol. The fraction of sp³-hybridized carbons (Fsp3) is 0.391. The number of benzene rings is 2. The number of carbonyl (C=O) groups excluding carboxylic acids is 1. The fourth-order valence-corrected chi connectivity index (χ4v) is 5.11. The van der Waals surface area contributed by atoms with E-state index in [2.05, 4.69) is 0 Å². The highest BCUT2D eigenvalue weighted by Crippen LogP contribution is 2.70. The quantitative estimate of drug-likeness (QED) is 0.686. The lowest BCUT2D eigenvalue weighted by atomic mass is 9.86. The number of hydrogen-bond donors (Lipinski definition) is 1. The fourth-order valence-electron chi connectivity index (χ4n) is 5.11. The van der Waals surface area contributed by atoms with Gasteiger partial charge in [0.1, 0.15) is 17.3 Å². The molecular weight excluding hydrogens is 397 g/mol. The van der Waals surface area contributed by atoms with Crippen molar-refractivity contribution in [3.05, 3.63) is 59.7 Å². The van der Waals surface area contributed by atoms with E-state index in [-0.39, 0.29) is 23.4 Å². The lowest BCUT2D eigenvalue weighted by Crippen LogP contribution is -2.26. The van der Waals surface area contributed by atoms with Crippen molar-refractivity contribution in [2.24, 2.45) is 23.2 Å². The molecule has 2 aliphatic carbocycles. The average Bonchev–Trinajstić information content (AvgIpc) is 3.27. The molecule has 0 radical (unpaired) electrons. The molecule has 4 nitrogen and oxygen atoms in total. The molecule has 4 unspecified atom stereocenters. The van der Waals surface area contributed by atoms with E-state index in [0.29, 0.717) is 25.0 Å². The summed E-state index contributed by atoms with van der Waals surface area (Å²) in [4.78, 5) is 24.3. The number of ketones is 1. The van der Waals surface area contributed by atoms with Gasteiger partial charge in [-0.2, -0.15) is 13.2 Å². The zero-order valence-corrected chi connectivity index (χ0v) is 16.3. The number of halogens is 3. The zero-order chi connectivity index (χ0) is 21.7. The number of Topliss-reactive ketones (excluding diaryl/α,β-unsaturated/α-hetero) is 1. The van der Waals surface area contributed by atoms with Gasteiger partial charge in [0.2, 0.25) is 0 Å². The molecule has 0 bridgehead atoms. The Balaban J connectivity index is 1.47. The number of alkyl halides is 3. The minimum atomic E-state index is -4.45. The minimum absolute atomic E-state index is 0.0200. The molecule has 4 atom stereocenters. The maximum atomic E-state index is 12.9. The number of aliphatic carboxylic acids is 1. The molecule has 2 saturated carbocycles. The van der Waals surface area contributed by atoms with Crippen molar-refractivity contribution in [2.75, 3.05) is 0 Å². The summed E-state index contributed by atoms with van der Waals surface area (Å²) in [6.45, 7) is 1.86. The standard InChI is InChI=1S/C23H21F3O4/c1-2-22-18(19(22)21(28)29)11-14(20(22)27)9-13-5-3-7-16(10-13)30-17-8-4-6-15(12-17)23(24,25)26/h3-8,10,12,14,18-19H,2,9,11H2,1H3,(H,28,29). The van der Waals surface area contributed by atoms with Crippen LogP contribution in [0.4, 0.5) is 13.2 Å². The van der Waals surface area contributed by atoms with Crippen LogP contribution >= 0.6 is 0 Å². The summed E-state index contributed by atoms with van der Waals surface area (Å²) in [5.41, 5.74) is -0.676. The number of carboxylic acids is 1. The van der Waals surface area contributed by atoms with E-state index in [0.717, 1.165) is 17.7 Å². The van der Waals surface area contributed by atoms with Crippen LogP contribution in [0.1, 0.15) is 30.9 Å². The molecular formula is C23H21F3O4. The SMILES string of the molecule is CCC12C(=O)C(Cc3cccc(Oc4cccc(C(F)(F)F)c4)c3)CC1C2C(=O)O. The Labute approximate surface area is 171 Å². The van der Waals surface area contributed by atoms with Crippen LogP contribution in [0.3, 0.4) is 0 Å². The normalized spacial score (nSPS) is 27.6. The van der Waals surface area contributed by atoms with Crippen molar-refractivity contribution in [2.45, 2.75) is 32.4 Å². The molecule has 4 rings (SSSR count). The number of rotatable bonds is 6. The van der Waals surface area contributed by atoms with Crippen molar-refractivity contribution in [3.63, 3.8) is 0 Å². The van der Waals surface area contributed by atoms with E-state index in [9.17, 15) is 27.9 Å². The van der Waals surface area contributed by atoms with Crippen molar-refractivity contribution >= 4 is 11.8 Å². The van der Waals surface area contributed by atoms with Crippen molar-refractivity contribution in [1.29, 1.82) is 0 Å². The molecule has 2 aromatic rings. The van der Waals surface area contributed by atoms with Crippen LogP contribution in [0.5, 0.6) is 11.5 Å². The van der Waals surface area contributed by atoms with E-state index >= 15 is 0 Å². The van der Waals surface area contributed by atoms with E-state index in [4.69, 9.17) is 4.74 Å². The molecule has 7 heteroatoms. The molecule has 0 aliphatic heterocycles. The molecule has 1 N–H and O–H groups in total. The van der Waals surface area contributed by atoms with Crippen LogP contribution in [-0.2, 0) is 22.2 Å². The lowest BCUT2D eigenvalue weighted by Gasteiger charge is -2.17. The third kappa shape index (κ3) is 3.36. The molecule has 158 valence electrons. The van der Waals surface area contributed by atoms with Gasteiger partial charge in [0, 0.05) is 11.3 Å². The molecule has 2 aliphatic rings. The number of ether oxygens (including phenoxy) is 1. The largest absolute Gasteiger partial charge is 0.481 e. The van der Waals surface area contributed by atoms with Gasteiger partial charge in [-0.1, -0.05) is 25.1 Å². The summed E-state index contributed by atoms with van der Waals surface area (Å²) in [5.74, 6) is -1.32. The second-order valence-electron chi connectivity index (χ2n) is 8.09. The molecule has 0 saturated heterocycles. The molecule has 0 spiro atoms. The number of hydrogen-bond acceptors (Lipinski definition) is 3. The van der Waals surface area contributed by atoms with Gasteiger partial charge in [-0.3, -0.25) is 9.59 Å². The van der Waals surface area contributed by atoms with E-state index in [1.165, 1.54) is 12.1 Å². The Hall–Kier alpha value is -2.83. The highest BCUT2D eigenvalue weighted by Gasteiger charge is 2.75. The topological polar surface area (TPSA) is 63.6 Å². The highest BCUT2D eigenvalue weighted by molar-refractivity contribution is 5.99. The van der Waals surface area contributed by atoms with Gasteiger partial charge in [-0.25, -0.2) is 0 Å². The Morgan fingerprint density at radius 2 is 1.83 bits per heavy atom. The van der Waals surface area contributed by atoms with Crippen LogP contribution in [0.25, 0.3) is 0 Å². The number of fused-ring (bicyclic) bond motifs is 1. The Morgan fingerprint density at radius 1 is 1.17 bits per heavy atom. The van der Waals surface area contributed by atoms with Crippen molar-refractivity contribution in [1.82, 2.24) is 0 Å². The molecule has 2 fully saturated rings. The third-order valence-corrected chi connectivity index (χ3v) is 6.51. The van der Waals surface area contributed by atoms with Gasteiger partial charge >= 0.3 is 12.1 Å². The monoisotopic (exact) mass is 418 g/mol. The Bertz CT molecular complexity index is 1000. The molecule has 0 heterocycles. The Kier molecular flexibility index (Phi) is 4.87. The summed E-state index contributed by atoms with van der Waals surface area (Å²) >= 11 is 0. The smallest absolute Gasteiger partial charge is 0.416 e. The first-order valence-corrected chi connectivity index (χ1v) is 9.88. The van der Waals surface area contributed by atoms with Gasteiger partial charge in [0.05, 0.1) is 11.5 Å². The highest BCUT2D eigenvalue weighted by atomic mass is 19.4. The predicted molar refractivity (Wildman–Crippen MR) is 102 cm³/mol. The van der Waals surface area contributed by atoms with Gasteiger partial charge in [-0.15, -0.1) is 0 Å². The van der Waals surface area contributed by atoms with Crippen LogP contribution < -0.4 is 4.74 Å². The van der Waals surface area contributed by atoms with Gasteiger partial charge in [0.15, 0.2) is 0 Å². The zero-order valence-electron chi connectivity index (χ0n) is 16.3. The maximum absolute atomic E-state index is 12.9. The maximum Gasteiger partial charge on any atom is 0.416 e. The number of carbonyl (C=O) groups is 2. The summed E-state index contributed by atoms with van der Waals surface area (Å²) < 4.78 is 44.3. The van der Waals surface area contributed by atoms with Gasteiger partial charge in [-0.05, 0) is 61.1 Å². The summed E-state index contributed by atoms with van der Waals surface area (Å²) in [6, 6.07) is 11.6. The molecule has 2 aromatic carbocycles. The third-order valence-electron chi connectivity index (χ3n) is 6.51. The Morgan fingerprint density at radius 3 is 2.43 bits per heavy atom. The summed E-state index contributed by atoms with van der Waals surface area (Å²) in [6.07, 6.45) is -2.90. The van der Waals surface area contributed by atoms with Gasteiger partial charge in [0.25, 0.3) is 0 Å². The summed E-state index contributed by atoms with van der Waals surface area (Å²) in [5, 5.41) is 9.36. The van der Waals surface area contributed by atoms with E-state index in [1.807, 2.05) is 13.0 Å². The molecule has 30 heavy (non-hydrogen) atoms. The van der Waals surface area contributed by atoms with Crippen LogP contribution in [0.2, 0.25) is 0 Å². The summed E-state index contributed by atoms with van der Waals surface area (Å²) in [7, 11) is 0. The van der Waals surface area contributed by atoms with Crippen LogP contribution in [0.15, 0.2) is 48.5 Å². The number of carboxylic acid groups (broad SMARTS) is 1. The van der Waals surface area contributed by atoms with Crippen molar-refractivity contribution < 1.29 is 32.6 Å². The van der Waals surface area contributed by atoms with Crippen molar-refractivity contribution in [3.8, 4) is 11.5 Å². The first kappa shape index (κ1) is 20.4. The van der Waals surface area contributed by atoms with E-state index < -0.39 is 29.0 Å². The van der Waals surface area contributed by atoms with Crippen LogP contribution in [-0.4, -0.2) is 16.9 Å². The second kappa shape index (κ2) is 7.15. The molecule has 0 amide bonds. The second-order valence-corrected chi connectivity index (χ2v) is 8.09. The van der Waals surface area contributed by atoms with Gasteiger partial charge < -0.3 is 9.84 Å².